The van der Waals surface area contributed by atoms with Crippen molar-refractivity contribution < 1.29 is 4.79 Å². The molecule has 18 heavy (non-hydrogen) atoms. The van der Waals surface area contributed by atoms with E-state index in [1.807, 2.05) is 29.6 Å². The lowest BCUT2D eigenvalue weighted by Crippen LogP contribution is -1.93. The summed E-state index contributed by atoms with van der Waals surface area (Å²) < 4.78 is 0. The van der Waals surface area contributed by atoms with Crippen LogP contribution in [-0.2, 0) is 6.42 Å². The zero-order valence-electron chi connectivity index (χ0n) is 10.2. The first-order valence-electron chi connectivity index (χ1n) is 5.89. The molecule has 0 amide bonds. The maximum atomic E-state index is 11.7. The van der Waals surface area contributed by atoms with Gasteiger partial charge in [-0.25, -0.2) is 0 Å². The standard InChI is InChI=1S/C15H15NOS/c1-2-12-5-7-13(8-6-12)16-10-9-14(17)15-4-3-11-18-15/h3-11,16H,2H2,1H3/b10-9+. The normalized spacial score (nSPS) is 10.7. The first-order valence-corrected chi connectivity index (χ1v) is 6.77. The highest BCUT2D eigenvalue weighted by molar-refractivity contribution is 7.12. The van der Waals surface area contributed by atoms with Gasteiger partial charge in [0.25, 0.3) is 0 Å². The van der Waals surface area contributed by atoms with Gasteiger partial charge in [0.2, 0.25) is 0 Å². The second kappa shape index (κ2) is 6.17. The SMILES string of the molecule is CCc1ccc(N/C=C/C(=O)c2cccs2)cc1. The van der Waals surface area contributed by atoms with E-state index < -0.39 is 0 Å². The number of hydrogen-bond acceptors (Lipinski definition) is 3. The van der Waals surface area contributed by atoms with Crippen molar-refractivity contribution in [3.63, 3.8) is 0 Å². The highest BCUT2D eigenvalue weighted by Gasteiger charge is 2.00. The van der Waals surface area contributed by atoms with Gasteiger partial charge >= 0.3 is 0 Å². The number of carbonyl (C=O) groups is 1. The van der Waals surface area contributed by atoms with Crippen LogP contribution in [0.5, 0.6) is 0 Å². The Balaban J connectivity index is 1.92. The van der Waals surface area contributed by atoms with E-state index in [-0.39, 0.29) is 5.78 Å². The van der Waals surface area contributed by atoms with Gasteiger partial charge in [-0.2, -0.15) is 0 Å². The van der Waals surface area contributed by atoms with Crippen LogP contribution < -0.4 is 5.32 Å². The van der Waals surface area contributed by atoms with E-state index in [0.717, 1.165) is 17.0 Å². The molecule has 0 radical (unpaired) electrons. The van der Waals surface area contributed by atoms with Crippen LogP contribution in [0.2, 0.25) is 0 Å². The van der Waals surface area contributed by atoms with Crippen molar-refractivity contribution in [2.75, 3.05) is 5.32 Å². The van der Waals surface area contributed by atoms with Gasteiger partial charge in [0, 0.05) is 18.0 Å². The van der Waals surface area contributed by atoms with Crippen molar-refractivity contribution in [1.29, 1.82) is 0 Å². The molecular weight excluding hydrogens is 242 g/mol. The second-order valence-electron chi connectivity index (χ2n) is 3.87. The Morgan fingerprint density at radius 1 is 1.28 bits per heavy atom. The Morgan fingerprint density at radius 3 is 2.67 bits per heavy atom. The summed E-state index contributed by atoms with van der Waals surface area (Å²) in [5, 5.41) is 4.99. The summed E-state index contributed by atoms with van der Waals surface area (Å²) in [6, 6.07) is 11.9. The van der Waals surface area contributed by atoms with Crippen LogP contribution in [0.25, 0.3) is 0 Å². The lowest BCUT2D eigenvalue weighted by Gasteiger charge is -2.01. The fourth-order valence-electron chi connectivity index (χ4n) is 1.55. The topological polar surface area (TPSA) is 29.1 Å². The molecule has 2 aromatic rings. The predicted molar refractivity (Wildman–Crippen MR) is 77.2 cm³/mol. The molecule has 1 aromatic heterocycles. The van der Waals surface area contributed by atoms with E-state index in [4.69, 9.17) is 0 Å². The molecule has 1 aromatic carbocycles. The molecule has 0 fully saturated rings. The van der Waals surface area contributed by atoms with Crippen molar-refractivity contribution in [2.45, 2.75) is 13.3 Å². The van der Waals surface area contributed by atoms with Crippen LogP contribution in [-0.4, -0.2) is 5.78 Å². The molecule has 1 heterocycles. The quantitative estimate of drug-likeness (QED) is 0.645. The minimum Gasteiger partial charge on any atom is -0.362 e. The number of allylic oxidation sites excluding steroid dienone is 1. The molecule has 0 saturated carbocycles. The van der Waals surface area contributed by atoms with Crippen LogP contribution in [0.3, 0.4) is 0 Å². The first kappa shape index (κ1) is 12.6. The van der Waals surface area contributed by atoms with Gasteiger partial charge in [-0.15, -0.1) is 11.3 Å². The number of rotatable bonds is 5. The van der Waals surface area contributed by atoms with E-state index >= 15 is 0 Å². The van der Waals surface area contributed by atoms with Crippen molar-refractivity contribution in [3.05, 3.63) is 64.5 Å². The van der Waals surface area contributed by atoms with Crippen LogP contribution in [0, 0.1) is 0 Å². The third-order valence-electron chi connectivity index (χ3n) is 2.61. The van der Waals surface area contributed by atoms with E-state index in [1.54, 1.807) is 12.3 Å². The van der Waals surface area contributed by atoms with Gasteiger partial charge in [-0.05, 0) is 35.6 Å². The van der Waals surface area contributed by atoms with Crippen LogP contribution in [0.4, 0.5) is 5.69 Å². The van der Waals surface area contributed by atoms with Gasteiger partial charge in [0.1, 0.15) is 0 Å². The first-order chi connectivity index (χ1) is 8.79. The summed E-state index contributed by atoms with van der Waals surface area (Å²) in [4.78, 5) is 12.4. The molecule has 92 valence electrons. The van der Waals surface area contributed by atoms with Gasteiger partial charge < -0.3 is 5.32 Å². The Labute approximate surface area is 111 Å². The molecule has 0 aliphatic heterocycles. The van der Waals surface area contributed by atoms with E-state index in [1.165, 1.54) is 16.9 Å². The van der Waals surface area contributed by atoms with Crippen LogP contribution in [0.15, 0.2) is 54.1 Å². The highest BCUT2D eigenvalue weighted by atomic mass is 32.1. The maximum Gasteiger partial charge on any atom is 0.197 e. The number of hydrogen-bond donors (Lipinski definition) is 1. The average molecular weight is 257 g/mol. The predicted octanol–water partition coefficient (Wildman–Crippen LogP) is 4.12. The van der Waals surface area contributed by atoms with Crippen molar-refractivity contribution >= 4 is 22.8 Å². The highest BCUT2D eigenvalue weighted by Crippen LogP contribution is 2.11. The third kappa shape index (κ3) is 3.31. The van der Waals surface area contributed by atoms with Crippen LogP contribution >= 0.6 is 11.3 Å². The summed E-state index contributed by atoms with van der Waals surface area (Å²) in [6.07, 6.45) is 4.27. The van der Waals surface area contributed by atoms with Crippen molar-refractivity contribution in [1.82, 2.24) is 0 Å². The minimum atomic E-state index is 0.0303. The summed E-state index contributed by atoms with van der Waals surface area (Å²) in [5.41, 5.74) is 2.29. The Morgan fingerprint density at radius 2 is 2.06 bits per heavy atom. The Kier molecular flexibility index (Phi) is 4.31. The fourth-order valence-corrected chi connectivity index (χ4v) is 2.20. The zero-order valence-corrected chi connectivity index (χ0v) is 11.0. The molecule has 2 nitrogen and oxygen atoms in total. The molecule has 3 heteroatoms. The van der Waals surface area contributed by atoms with E-state index in [2.05, 4.69) is 24.4 Å². The van der Waals surface area contributed by atoms with E-state index in [9.17, 15) is 4.79 Å². The number of nitrogens with one attached hydrogen (secondary N) is 1. The molecular formula is C15H15NOS. The molecule has 0 atom stereocenters. The fraction of sp³-hybridized carbons (Fsp3) is 0.133. The molecule has 0 saturated heterocycles. The summed E-state index contributed by atoms with van der Waals surface area (Å²) >= 11 is 1.45. The molecule has 0 aliphatic rings. The zero-order chi connectivity index (χ0) is 12.8. The summed E-state index contributed by atoms with van der Waals surface area (Å²) in [5.74, 6) is 0.0303. The van der Waals surface area contributed by atoms with Crippen molar-refractivity contribution in [3.8, 4) is 0 Å². The number of aryl methyl sites for hydroxylation is 1. The van der Waals surface area contributed by atoms with Gasteiger partial charge in [0.05, 0.1) is 4.88 Å². The Hall–Kier alpha value is -1.87. The van der Waals surface area contributed by atoms with Gasteiger partial charge in [-0.3, -0.25) is 4.79 Å². The second-order valence-corrected chi connectivity index (χ2v) is 4.82. The molecule has 2 rings (SSSR count). The molecule has 0 aliphatic carbocycles. The van der Waals surface area contributed by atoms with Crippen molar-refractivity contribution in [2.24, 2.45) is 0 Å². The average Bonchev–Trinajstić information content (AvgIpc) is 2.93. The lowest BCUT2D eigenvalue weighted by atomic mass is 10.1. The van der Waals surface area contributed by atoms with Crippen LogP contribution in [0.1, 0.15) is 22.2 Å². The third-order valence-corrected chi connectivity index (χ3v) is 3.50. The maximum absolute atomic E-state index is 11.7. The number of anilines is 1. The monoisotopic (exact) mass is 257 g/mol. The smallest absolute Gasteiger partial charge is 0.197 e. The largest absolute Gasteiger partial charge is 0.362 e. The minimum absolute atomic E-state index is 0.0303. The molecule has 1 N–H and O–H groups in total. The summed E-state index contributed by atoms with van der Waals surface area (Å²) in [6.45, 7) is 2.13. The molecule has 0 unspecified atom stereocenters. The van der Waals surface area contributed by atoms with Gasteiger partial charge in [-0.1, -0.05) is 25.1 Å². The summed E-state index contributed by atoms with van der Waals surface area (Å²) in [7, 11) is 0. The Bertz CT molecular complexity index is 526. The van der Waals surface area contributed by atoms with Gasteiger partial charge in [0.15, 0.2) is 5.78 Å². The molecule has 0 bridgehead atoms. The number of benzene rings is 1. The number of carbonyl (C=O) groups excluding carboxylic acids is 1. The number of thiophene rings is 1. The molecule has 0 spiro atoms. The lowest BCUT2D eigenvalue weighted by molar-refractivity contribution is 0.105. The number of ketones is 1. The van der Waals surface area contributed by atoms with E-state index in [0.29, 0.717) is 0 Å².